The molecule has 0 atom stereocenters. The standard InChI is InChI=1S/C7H4Cl3NO3S.ClH/c8-7(9,10)6-4(11(12)13)2-1-3-5(6)15-14;/h1-3,14H;1H. The van der Waals surface area contributed by atoms with Crippen molar-refractivity contribution in [2.75, 3.05) is 0 Å². The summed E-state index contributed by atoms with van der Waals surface area (Å²) in [5.74, 6) is 0. The Balaban J connectivity index is 0.00000225. The lowest BCUT2D eigenvalue weighted by molar-refractivity contribution is -0.385. The SMILES string of the molecule is Cl.O=[N+]([O-])c1cccc(SO)c1C(Cl)(Cl)Cl. The van der Waals surface area contributed by atoms with Crippen LogP contribution in [0.15, 0.2) is 23.1 Å². The average Bonchev–Trinajstić information content (AvgIpc) is 2.15. The Morgan fingerprint density at radius 1 is 1.38 bits per heavy atom. The highest BCUT2D eigenvalue weighted by molar-refractivity contribution is 7.93. The fourth-order valence-corrected chi connectivity index (χ4v) is 2.28. The Morgan fingerprint density at radius 3 is 2.31 bits per heavy atom. The van der Waals surface area contributed by atoms with E-state index in [-0.39, 0.29) is 28.6 Å². The second-order valence-electron chi connectivity index (χ2n) is 2.50. The van der Waals surface area contributed by atoms with Crippen LogP contribution in [0, 0.1) is 10.1 Å². The van der Waals surface area contributed by atoms with Gasteiger partial charge in [0.2, 0.25) is 3.79 Å². The summed E-state index contributed by atoms with van der Waals surface area (Å²) in [4.78, 5) is 10.1. The molecule has 0 unspecified atom stereocenters. The van der Waals surface area contributed by atoms with Gasteiger partial charge in [-0.2, -0.15) is 0 Å². The number of nitrogens with zero attached hydrogens (tertiary/aromatic N) is 1. The van der Waals surface area contributed by atoms with Gasteiger partial charge in [0.15, 0.2) is 0 Å². The summed E-state index contributed by atoms with van der Waals surface area (Å²) in [6.45, 7) is 0. The maximum absolute atomic E-state index is 10.7. The second kappa shape index (κ2) is 6.14. The van der Waals surface area contributed by atoms with Crippen LogP contribution in [-0.4, -0.2) is 9.48 Å². The van der Waals surface area contributed by atoms with Gasteiger partial charge in [0.1, 0.15) is 0 Å². The number of halogens is 4. The van der Waals surface area contributed by atoms with Gasteiger partial charge in [-0.25, -0.2) is 0 Å². The molecule has 90 valence electrons. The Labute approximate surface area is 117 Å². The van der Waals surface area contributed by atoms with Crippen LogP contribution < -0.4 is 0 Å². The maximum atomic E-state index is 10.7. The van der Waals surface area contributed by atoms with Gasteiger partial charge in [-0.1, -0.05) is 40.9 Å². The van der Waals surface area contributed by atoms with Crippen LogP contribution in [-0.2, 0) is 3.79 Å². The van der Waals surface area contributed by atoms with Crippen molar-refractivity contribution in [3.63, 3.8) is 0 Å². The van der Waals surface area contributed by atoms with Gasteiger partial charge in [0, 0.05) is 23.0 Å². The van der Waals surface area contributed by atoms with Gasteiger partial charge in [-0.3, -0.25) is 10.1 Å². The van der Waals surface area contributed by atoms with Crippen molar-refractivity contribution in [2.24, 2.45) is 0 Å². The number of rotatable bonds is 2. The molecule has 9 heteroatoms. The van der Waals surface area contributed by atoms with Crippen molar-refractivity contribution in [3.05, 3.63) is 33.9 Å². The van der Waals surface area contributed by atoms with E-state index in [9.17, 15) is 10.1 Å². The first kappa shape index (κ1) is 16.1. The Bertz CT molecular complexity index is 396. The molecule has 0 heterocycles. The van der Waals surface area contributed by atoms with E-state index in [0.29, 0.717) is 12.0 Å². The highest BCUT2D eigenvalue weighted by Crippen LogP contribution is 2.46. The minimum atomic E-state index is -1.95. The number of hydrogen-bond acceptors (Lipinski definition) is 4. The van der Waals surface area contributed by atoms with Crippen molar-refractivity contribution in [2.45, 2.75) is 8.69 Å². The molecule has 1 N–H and O–H groups in total. The quantitative estimate of drug-likeness (QED) is 0.379. The predicted molar refractivity (Wildman–Crippen MR) is 68.1 cm³/mol. The summed E-state index contributed by atoms with van der Waals surface area (Å²) < 4.78 is 6.96. The summed E-state index contributed by atoms with van der Waals surface area (Å²) in [6, 6.07) is 4.03. The van der Waals surface area contributed by atoms with Gasteiger partial charge < -0.3 is 4.55 Å². The second-order valence-corrected chi connectivity index (χ2v) is 5.40. The Morgan fingerprint density at radius 2 is 1.94 bits per heavy atom. The smallest absolute Gasteiger partial charge is 0.278 e. The number of nitro groups is 1. The molecule has 0 aliphatic heterocycles. The van der Waals surface area contributed by atoms with Gasteiger partial charge >= 0.3 is 0 Å². The number of nitro benzene ring substituents is 1. The van der Waals surface area contributed by atoms with E-state index in [4.69, 9.17) is 39.4 Å². The first-order chi connectivity index (χ1) is 6.88. The van der Waals surface area contributed by atoms with E-state index in [1.807, 2.05) is 0 Å². The zero-order valence-corrected chi connectivity index (χ0v) is 11.3. The van der Waals surface area contributed by atoms with E-state index in [0.717, 1.165) is 0 Å². The van der Waals surface area contributed by atoms with Crippen LogP contribution in [0.25, 0.3) is 0 Å². The van der Waals surface area contributed by atoms with Crippen molar-refractivity contribution in [1.82, 2.24) is 0 Å². The molecule has 0 aliphatic rings. The molecule has 4 nitrogen and oxygen atoms in total. The number of hydrogen-bond donors (Lipinski definition) is 1. The van der Waals surface area contributed by atoms with Crippen LogP contribution in [0.1, 0.15) is 5.56 Å². The van der Waals surface area contributed by atoms with Gasteiger partial charge in [0.05, 0.1) is 10.5 Å². The van der Waals surface area contributed by atoms with Crippen LogP contribution in [0.4, 0.5) is 5.69 Å². The van der Waals surface area contributed by atoms with Crippen LogP contribution in [0.2, 0.25) is 0 Å². The molecule has 1 aromatic carbocycles. The minimum Gasteiger partial charge on any atom is -0.325 e. The molecule has 0 amide bonds. The zero-order valence-electron chi connectivity index (χ0n) is 7.39. The number of benzene rings is 1. The van der Waals surface area contributed by atoms with Gasteiger partial charge in [-0.15, -0.1) is 12.4 Å². The van der Waals surface area contributed by atoms with Crippen molar-refractivity contribution < 1.29 is 9.48 Å². The summed E-state index contributed by atoms with van der Waals surface area (Å²) >= 11 is 17.1. The molecule has 0 aliphatic carbocycles. The van der Waals surface area contributed by atoms with Gasteiger partial charge in [-0.05, 0) is 6.07 Å². The predicted octanol–water partition coefficient (Wildman–Crippen LogP) is 4.41. The first-order valence-electron chi connectivity index (χ1n) is 3.54. The van der Waals surface area contributed by atoms with E-state index in [1.165, 1.54) is 18.2 Å². The summed E-state index contributed by atoms with van der Waals surface area (Å²) in [5.41, 5.74) is -0.471. The van der Waals surface area contributed by atoms with Crippen LogP contribution in [0.5, 0.6) is 0 Å². The fourth-order valence-electron chi connectivity index (χ4n) is 1.03. The van der Waals surface area contributed by atoms with E-state index < -0.39 is 8.72 Å². The van der Waals surface area contributed by atoms with E-state index >= 15 is 0 Å². The molecule has 0 saturated heterocycles. The lowest BCUT2D eigenvalue weighted by atomic mass is 10.2. The van der Waals surface area contributed by atoms with E-state index in [2.05, 4.69) is 0 Å². The fraction of sp³-hybridized carbons (Fsp3) is 0.143. The van der Waals surface area contributed by atoms with Crippen molar-refractivity contribution in [3.8, 4) is 0 Å². The highest BCUT2D eigenvalue weighted by atomic mass is 35.6. The molecule has 0 fully saturated rings. The summed E-state index contributed by atoms with van der Waals surface area (Å²) in [6.07, 6.45) is 0. The zero-order chi connectivity index (χ0) is 11.6. The molecular formula is C7H5Cl4NO3S. The Hall–Kier alpha value is 0.0900. The number of alkyl halides is 3. The van der Waals surface area contributed by atoms with Crippen molar-refractivity contribution >= 4 is 64.9 Å². The molecule has 0 saturated carbocycles. The monoisotopic (exact) mass is 323 g/mol. The minimum absolute atomic E-state index is 0. The summed E-state index contributed by atoms with van der Waals surface area (Å²) in [7, 11) is 0. The lowest BCUT2D eigenvalue weighted by Crippen LogP contribution is -2.07. The highest BCUT2D eigenvalue weighted by Gasteiger charge is 2.34. The first-order valence-corrected chi connectivity index (χ1v) is 5.44. The van der Waals surface area contributed by atoms with Crippen LogP contribution in [0.3, 0.4) is 0 Å². The van der Waals surface area contributed by atoms with Crippen LogP contribution >= 0.6 is 59.3 Å². The lowest BCUT2D eigenvalue weighted by Gasteiger charge is -2.14. The van der Waals surface area contributed by atoms with E-state index in [1.54, 1.807) is 0 Å². The molecular weight excluding hydrogens is 320 g/mol. The third-order valence-electron chi connectivity index (χ3n) is 1.58. The third-order valence-corrected chi connectivity index (χ3v) is 2.69. The molecule has 0 aromatic heterocycles. The Kier molecular flexibility index (Phi) is 6.17. The van der Waals surface area contributed by atoms with Gasteiger partial charge in [0.25, 0.3) is 5.69 Å². The normalized spacial score (nSPS) is 10.8. The molecule has 0 bridgehead atoms. The summed E-state index contributed by atoms with van der Waals surface area (Å²) in [5, 5.41) is 10.7. The maximum Gasteiger partial charge on any atom is 0.278 e. The molecule has 1 aromatic rings. The molecule has 0 spiro atoms. The average molecular weight is 325 g/mol. The van der Waals surface area contributed by atoms with Crippen molar-refractivity contribution in [1.29, 1.82) is 0 Å². The molecule has 1 rings (SSSR count). The molecule has 0 radical (unpaired) electrons. The molecule has 16 heavy (non-hydrogen) atoms. The third kappa shape index (κ3) is 3.55. The topological polar surface area (TPSA) is 63.4 Å². The largest absolute Gasteiger partial charge is 0.325 e.